The lowest BCUT2D eigenvalue weighted by Crippen LogP contribution is -2.41. The Morgan fingerprint density at radius 1 is 1.03 bits per heavy atom. The molecule has 0 saturated carbocycles. The fourth-order valence-corrected chi connectivity index (χ4v) is 4.17. The van der Waals surface area contributed by atoms with Crippen LogP contribution in [0.15, 0.2) is 60.7 Å². The van der Waals surface area contributed by atoms with Crippen LogP contribution < -0.4 is 5.73 Å². The Balaban J connectivity index is 1.47. The van der Waals surface area contributed by atoms with Gasteiger partial charge in [-0.1, -0.05) is 80.4 Å². The van der Waals surface area contributed by atoms with Crippen molar-refractivity contribution in [3.8, 4) is 0 Å². The predicted molar refractivity (Wildman–Crippen MR) is 123 cm³/mol. The Labute approximate surface area is 182 Å². The first-order valence-corrected chi connectivity index (χ1v) is 11.5. The average Bonchev–Trinajstić information content (AvgIpc) is 2.79. The number of hydrogen-bond acceptors (Lipinski definition) is 4. The summed E-state index contributed by atoms with van der Waals surface area (Å²) >= 11 is 0. The molecule has 0 amide bonds. The van der Waals surface area contributed by atoms with E-state index in [1.807, 2.05) is 6.07 Å². The molecule has 0 aliphatic carbocycles. The van der Waals surface area contributed by atoms with Crippen LogP contribution in [0.3, 0.4) is 0 Å². The summed E-state index contributed by atoms with van der Waals surface area (Å²) in [5.41, 5.74) is 8.88. The highest BCUT2D eigenvalue weighted by Crippen LogP contribution is 2.30. The van der Waals surface area contributed by atoms with Gasteiger partial charge in [-0.15, -0.1) is 0 Å². The van der Waals surface area contributed by atoms with Crippen molar-refractivity contribution < 1.29 is 9.47 Å². The highest BCUT2D eigenvalue weighted by molar-refractivity contribution is 5.18. The molecular formula is C26H38N2O2. The maximum atomic E-state index is 6.41. The number of benzene rings is 2. The van der Waals surface area contributed by atoms with Crippen LogP contribution in [-0.4, -0.2) is 30.9 Å². The Kier molecular flexibility index (Phi) is 9.34. The Bertz CT molecular complexity index is 709. The van der Waals surface area contributed by atoms with Crippen molar-refractivity contribution >= 4 is 0 Å². The molecule has 2 N–H and O–H groups in total. The van der Waals surface area contributed by atoms with Crippen molar-refractivity contribution in [2.75, 3.05) is 13.6 Å². The van der Waals surface area contributed by atoms with E-state index in [4.69, 9.17) is 15.2 Å². The third kappa shape index (κ3) is 6.92. The average molecular weight is 411 g/mol. The van der Waals surface area contributed by atoms with Crippen molar-refractivity contribution in [3.63, 3.8) is 0 Å². The summed E-state index contributed by atoms with van der Waals surface area (Å²) in [5.74, 6) is 0. The molecule has 2 aromatic carbocycles. The van der Waals surface area contributed by atoms with Crippen LogP contribution >= 0.6 is 0 Å². The van der Waals surface area contributed by atoms with Gasteiger partial charge in [0.25, 0.3) is 0 Å². The van der Waals surface area contributed by atoms with Crippen LogP contribution in [0.1, 0.15) is 75.2 Å². The molecule has 0 aromatic heterocycles. The lowest BCUT2D eigenvalue weighted by Gasteiger charge is -2.38. The minimum Gasteiger partial charge on any atom is -0.356 e. The summed E-state index contributed by atoms with van der Waals surface area (Å²) in [6.45, 7) is 3.27. The van der Waals surface area contributed by atoms with Gasteiger partial charge in [0.05, 0.1) is 12.2 Å². The third-order valence-corrected chi connectivity index (χ3v) is 6.00. The maximum absolute atomic E-state index is 6.41. The number of nitrogens with two attached hydrogens (primary N) is 1. The summed E-state index contributed by atoms with van der Waals surface area (Å²) in [7, 11) is 2.15. The van der Waals surface area contributed by atoms with Gasteiger partial charge in [0.2, 0.25) is 0 Å². The lowest BCUT2D eigenvalue weighted by atomic mass is 10.0. The molecule has 3 rings (SSSR count). The van der Waals surface area contributed by atoms with Crippen molar-refractivity contribution in [1.29, 1.82) is 0 Å². The van der Waals surface area contributed by atoms with E-state index in [0.717, 1.165) is 51.5 Å². The van der Waals surface area contributed by atoms with Crippen LogP contribution in [-0.2, 0) is 9.47 Å². The predicted octanol–water partition coefficient (Wildman–Crippen LogP) is 5.81. The van der Waals surface area contributed by atoms with Crippen molar-refractivity contribution in [2.45, 2.75) is 76.5 Å². The van der Waals surface area contributed by atoms with E-state index in [0.29, 0.717) is 0 Å². The molecule has 4 unspecified atom stereocenters. The van der Waals surface area contributed by atoms with E-state index >= 15 is 0 Å². The molecule has 4 atom stereocenters. The third-order valence-electron chi connectivity index (χ3n) is 6.00. The zero-order chi connectivity index (χ0) is 21.2. The van der Waals surface area contributed by atoms with Crippen molar-refractivity contribution in [3.05, 3.63) is 71.8 Å². The molecule has 0 spiro atoms. The monoisotopic (exact) mass is 410 g/mol. The zero-order valence-corrected chi connectivity index (χ0v) is 18.6. The van der Waals surface area contributed by atoms with E-state index in [2.05, 4.69) is 73.5 Å². The molecule has 0 bridgehead atoms. The SMILES string of the molecule is CCCCC(OC(N)CCCC1OC(c2ccccc2)CCN1C)c1ccccc1. The van der Waals surface area contributed by atoms with Gasteiger partial charge in [-0.05, 0) is 50.3 Å². The number of hydrogen-bond donors (Lipinski definition) is 1. The fourth-order valence-electron chi connectivity index (χ4n) is 4.17. The first-order valence-electron chi connectivity index (χ1n) is 11.5. The Hall–Kier alpha value is -1.72. The van der Waals surface area contributed by atoms with Crippen LogP contribution in [0.5, 0.6) is 0 Å². The summed E-state index contributed by atoms with van der Waals surface area (Å²) in [5, 5.41) is 0. The Morgan fingerprint density at radius 3 is 2.43 bits per heavy atom. The second kappa shape index (κ2) is 12.2. The van der Waals surface area contributed by atoms with Crippen LogP contribution in [0.4, 0.5) is 0 Å². The van der Waals surface area contributed by atoms with Gasteiger partial charge in [0, 0.05) is 6.54 Å². The second-order valence-corrected chi connectivity index (χ2v) is 8.41. The minimum atomic E-state index is -0.245. The number of unbranched alkanes of at least 4 members (excludes halogenated alkanes) is 1. The van der Waals surface area contributed by atoms with Crippen LogP contribution in [0.25, 0.3) is 0 Å². The molecular weight excluding hydrogens is 372 g/mol. The first-order chi connectivity index (χ1) is 14.7. The lowest BCUT2D eigenvalue weighted by molar-refractivity contribution is -0.137. The molecule has 4 nitrogen and oxygen atoms in total. The highest BCUT2D eigenvalue weighted by Gasteiger charge is 2.27. The molecule has 2 aromatic rings. The maximum Gasteiger partial charge on any atom is 0.111 e. The topological polar surface area (TPSA) is 47.7 Å². The normalized spacial score (nSPS) is 22.0. The fraction of sp³-hybridized carbons (Fsp3) is 0.538. The number of ether oxygens (including phenoxy) is 2. The molecule has 1 aliphatic rings. The molecule has 164 valence electrons. The van der Waals surface area contributed by atoms with Crippen molar-refractivity contribution in [2.24, 2.45) is 5.73 Å². The summed E-state index contributed by atoms with van der Waals surface area (Å²) in [6, 6.07) is 21.0. The van der Waals surface area contributed by atoms with E-state index in [1.54, 1.807) is 0 Å². The summed E-state index contributed by atoms with van der Waals surface area (Å²) in [6.07, 6.45) is 7.34. The van der Waals surface area contributed by atoms with Crippen LogP contribution in [0.2, 0.25) is 0 Å². The molecule has 0 radical (unpaired) electrons. The van der Waals surface area contributed by atoms with Gasteiger partial charge in [0.15, 0.2) is 0 Å². The van der Waals surface area contributed by atoms with E-state index in [-0.39, 0.29) is 24.7 Å². The highest BCUT2D eigenvalue weighted by atomic mass is 16.5. The standard InChI is InChI=1S/C26H38N2O2/c1-3-4-16-23(21-12-7-5-8-13-21)29-25(27)17-11-18-26-28(2)20-19-24(30-26)22-14-9-6-10-15-22/h5-10,12-15,23-26H,3-4,11,16-20,27H2,1-2H3. The van der Waals surface area contributed by atoms with E-state index < -0.39 is 0 Å². The molecule has 4 heteroatoms. The summed E-state index contributed by atoms with van der Waals surface area (Å²) < 4.78 is 12.7. The van der Waals surface area contributed by atoms with Gasteiger partial charge in [0.1, 0.15) is 12.5 Å². The van der Waals surface area contributed by atoms with Crippen LogP contribution in [0, 0.1) is 0 Å². The minimum absolute atomic E-state index is 0.0808. The molecule has 1 saturated heterocycles. The number of nitrogens with zero attached hydrogens (tertiary/aromatic N) is 1. The summed E-state index contributed by atoms with van der Waals surface area (Å²) in [4.78, 5) is 2.32. The first kappa shape index (κ1) is 23.0. The quantitative estimate of drug-likeness (QED) is 0.475. The van der Waals surface area contributed by atoms with Crippen molar-refractivity contribution in [1.82, 2.24) is 4.90 Å². The van der Waals surface area contributed by atoms with E-state index in [9.17, 15) is 0 Å². The van der Waals surface area contributed by atoms with E-state index in [1.165, 1.54) is 11.1 Å². The molecule has 1 aliphatic heterocycles. The van der Waals surface area contributed by atoms with Gasteiger partial charge < -0.3 is 15.2 Å². The molecule has 1 heterocycles. The zero-order valence-electron chi connectivity index (χ0n) is 18.6. The van der Waals surface area contributed by atoms with Gasteiger partial charge in [-0.3, -0.25) is 4.90 Å². The Morgan fingerprint density at radius 2 is 1.73 bits per heavy atom. The second-order valence-electron chi connectivity index (χ2n) is 8.41. The largest absolute Gasteiger partial charge is 0.356 e. The van der Waals surface area contributed by atoms with Gasteiger partial charge in [-0.25, -0.2) is 0 Å². The van der Waals surface area contributed by atoms with Gasteiger partial charge >= 0.3 is 0 Å². The molecule has 30 heavy (non-hydrogen) atoms. The molecule has 1 fully saturated rings. The van der Waals surface area contributed by atoms with Gasteiger partial charge in [-0.2, -0.15) is 0 Å². The number of rotatable bonds is 11. The smallest absolute Gasteiger partial charge is 0.111 e.